The van der Waals surface area contributed by atoms with E-state index < -0.39 is 10.5 Å². The highest BCUT2D eigenvalue weighted by Gasteiger charge is 2.25. The predicted molar refractivity (Wildman–Crippen MR) is 79.7 cm³/mol. The van der Waals surface area contributed by atoms with E-state index in [0.717, 1.165) is 5.56 Å². The van der Waals surface area contributed by atoms with E-state index in [9.17, 15) is 14.9 Å². The molecule has 0 radical (unpaired) electrons. The first-order chi connectivity index (χ1) is 8.77. The number of carbonyl (C=O) groups excluding carboxylic acids is 1. The van der Waals surface area contributed by atoms with E-state index in [1.165, 1.54) is 12.1 Å². The summed E-state index contributed by atoms with van der Waals surface area (Å²) in [6.07, 6.45) is 0. The Balaban J connectivity index is 0.00000361. The van der Waals surface area contributed by atoms with Crippen molar-refractivity contribution in [1.82, 2.24) is 5.32 Å². The van der Waals surface area contributed by atoms with Crippen LogP contribution in [0.25, 0.3) is 0 Å². The first kappa shape index (κ1) is 18.3. The maximum absolute atomic E-state index is 11.8. The predicted octanol–water partition coefficient (Wildman–Crippen LogP) is 1.96. The fourth-order valence-electron chi connectivity index (χ4n) is 1.61. The molecule has 0 bridgehead atoms. The summed E-state index contributed by atoms with van der Waals surface area (Å²) in [4.78, 5) is 22.0. The van der Waals surface area contributed by atoms with Crippen molar-refractivity contribution in [2.75, 3.05) is 6.54 Å². The van der Waals surface area contributed by atoms with Gasteiger partial charge in [0.15, 0.2) is 0 Å². The summed E-state index contributed by atoms with van der Waals surface area (Å²) in [7, 11) is 0. The van der Waals surface area contributed by atoms with Crippen LogP contribution in [0.15, 0.2) is 24.3 Å². The summed E-state index contributed by atoms with van der Waals surface area (Å²) in [5.74, 6) is -0.400. The fourth-order valence-corrected chi connectivity index (χ4v) is 1.61. The van der Waals surface area contributed by atoms with Gasteiger partial charge in [-0.15, -0.1) is 12.4 Å². The number of halogens is 1. The van der Waals surface area contributed by atoms with Gasteiger partial charge in [-0.25, -0.2) is 0 Å². The third kappa shape index (κ3) is 4.47. The SMILES string of the molecule is CC(CN)C(=O)NC(C)(C)c1ccc([N+](=O)[O-])cc1.Cl. The largest absolute Gasteiger partial charge is 0.347 e. The Kier molecular flexibility index (Phi) is 6.61. The van der Waals surface area contributed by atoms with E-state index in [4.69, 9.17) is 5.73 Å². The number of carbonyl (C=O) groups is 1. The van der Waals surface area contributed by atoms with Crippen LogP contribution in [0.1, 0.15) is 26.3 Å². The molecule has 0 saturated carbocycles. The lowest BCUT2D eigenvalue weighted by Gasteiger charge is -2.28. The second-order valence-electron chi connectivity index (χ2n) is 5.05. The molecule has 1 aromatic rings. The van der Waals surface area contributed by atoms with Crippen molar-refractivity contribution in [2.24, 2.45) is 11.7 Å². The molecule has 0 aliphatic heterocycles. The minimum atomic E-state index is -0.602. The average Bonchev–Trinajstić information content (AvgIpc) is 2.37. The second-order valence-corrected chi connectivity index (χ2v) is 5.05. The molecule has 1 amide bonds. The van der Waals surface area contributed by atoms with E-state index in [2.05, 4.69) is 5.32 Å². The molecule has 1 unspecified atom stereocenters. The number of nitrogens with two attached hydrogens (primary N) is 1. The van der Waals surface area contributed by atoms with Crippen LogP contribution in [0.4, 0.5) is 5.69 Å². The van der Waals surface area contributed by atoms with Gasteiger partial charge in [-0.05, 0) is 31.5 Å². The molecule has 0 spiro atoms. The third-order valence-corrected chi connectivity index (χ3v) is 3.04. The summed E-state index contributed by atoms with van der Waals surface area (Å²) in [6.45, 7) is 5.72. The number of hydrogen-bond donors (Lipinski definition) is 2. The van der Waals surface area contributed by atoms with Gasteiger partial charge in [0.25, 0.3) is 5.69 Å². The summed E-state index contributed by atoms with van der Waals surface area (Å²) < 4.78 is 0. The Bertz CT molecular complexity index is 474. The van der Waals surface area contributed by atoms with Gasteiger partial charge in [-0.2, -0.15) is 0 Å². The van der Waals surface area contributed by atoms with Crippen LogP contribution in [0.2, 0.25) is 0 Å². The van der Waals surface area contributed by atoms with Crippen LogP contribution in [0, 0.1) is 16.0 Å². The number of nitro groups is 1. The molecule has 1 aromatic carbocycles. The zero-order valence-electron chi connectivity index (χ0n) is 11.8. The molecule has 0 aliphatic carbocycles. The minimum Gasteiger partial charge on any atom is -0.347 e. The van der Waals surface area contributed by atoms with Crippen LogP contribution in [0.5, 0.6) is 0 Å². The van der Waals surface area contributed by atoms with Crippen molar-refractivity contribution in [2.45, 2.75) is 26.3 Å². The zero-order chi connectivity index (χ0) is 14.6. The van der Waals surface area contributed by atoms with Crippen molar-refractivity contribution in [1.29, 1.82) is 0 Å². The van der Waals surface area contributed by atoms with Crippen molar-refractivity contribution >= 4 is 24.0 Å². The van der Waals surface area contributed by atoms with Crippen LogP contribution in [0.3, 0.4) is 0 Å². The fraction of sp³-hybridized carbons (Fsp3) is 0.462. The minimum absolute atomic E-state index is 0. The zero-order valence-corrected chi connectivity index (χ0v) is 12.6. The van der Waals surface area contributed by atoms with E-state index in [0.29, 0.717) is 0 Å². The molecule has 0 heterocycles. The van der Waals surface area contributed by atoms with Crippen LogP contribution in [-0.2, 0) is 10.3 Å². The van der Waals surface area contributed by atoms with E-state index in [-0.39, 0.29) is 36.5 Å². The summed E-state index contributed by atoms with van der Waals surface area (Å²) in [5.41, 5.74) is 5.68. The molecular formula is C13H20ClN3O3. The molecule has 0 aliphatic rings. The third-order valence-electron chi connectivity index (χ3n) is 3.04. The van der Waals surface area contributed by atoms with E-state index >= 15 is 0 Å². The van der Waals surface area contributed by atoms with Gasteiger partial charge in [0, 0.05) is 24.6 Å². The number of amides is 1. The first-order valence-electron chi connectivity index (χ1n) is 6.05. The molecular weight excluding hydrogens is 282 g/mol. The summed E-state index contributed by atoms with van der Waals surface area (Å²) in [5, 5.41) is 13.5. The monoisotopic (exact) mass is 301 g/mol. The highest BCUT2D eigenvalue weighted by atomic mass is 35.5. The first-order valence-corrected chi connectivity index (χ1v) is 6.05. The maximum Gasteiger partial charge on any atom is 0.269 e. The van der Waals surface area contributed by atoms with Gasteiger partial charge in [0.1, 0.15) is 0 Å². The molecule has 1 rings (SSSR count). The van der Waals surface area contributed by atoms with Crippen molar-refractivity contribution in [3.05, 3.63) is 39.9 Å². The second kappa shape index (κ2) is 7.21. The number of nitrogens with zero attached hydrogens (tertiary/aromatic N) is 1. The quantitative estimate of drug-likeness (QED) is 0.641. The standard InChI is InChI=1S/C13H19N3O3.ClH/c1-9(8-14)12(17)15-13(2,3)10-4-6-11(7-5-10)16(18)19;/h4-7,9H,8,14H2,1-3H3,(H,15,17);1H. The number of nitrogens with one attached hydrogen (secondary N) is 1. The Morgan fingerprint density at radius 2 is 1.90 bits per heavy atom. The lowest BCUT2D eigenvalue weighted by molar-refractivity contribution is -0.384. The highest BCUT2D eigenvalue weighted by molar-refractivity contribution is 5.85. The normalized spacial score (nSPS) is 12.2. The van der Waals surface area contributed by atoms with Crippen molar-refractivity contribution in [3.63, 3.8) is 0 Å². The van der Waals surface area contributed by atoms with Gasteiger partial charge >= 0.3 is 0 Å². The summed E-state index contributed by atoms with van der Waals surface area (Å²) in [6, 6.07) is 6.14. The Morgan fingerprint density at radius 1 is 1.40 bits per heavy atom. The Hall–Kier alpha value is -1.66. The van der Waals surface area contributed by atoms with Crippen molar-refractivity contribution < 1.29 is 9.72 Å². The lowest BCUT2D eigenvalue weighted by atomic mass is 9.93. The van der Waals surface area contributed by atoms with E-state index in [1.54, 1.807) is 19.1 Å². The van der Waals surface area contributed by atoms with Gasteiger partial charge in [0.05, 0.1) is 10.5 Å². The number of non-ortho nitro benzene ring substituents is 1. The molecule has 112 valence electrons. The van der Waals surface area contributed by atoms with Crippen LogP contribution in [-0.4, -0.2) is 17.4 Å². The maximum atomic E-state index is 11.8. The number of rotatable bonds is 5. The highest BCUT2D eigenvalue weighted by Crippen LogP contribution is 2.23. The van der Waals surface area contributed by atoms with Crippen molar-refractivity contribution in [3.8, 4) is 0 Å². The Morgan fingerprint density at radius 3 is 2.30 bits per heavy atom. The molecule has 0 fully saturated rings. The van der Waals surface area contributed by atoms with Crippen LogP contribution >= 0.6 is 12.4 Å². The van der Waals surface area contributed by atoms with Gasteiger partial charge in [-0.3, -0.25) is 14.9 Å². The smallest absolute Gasteiger partial charge is 0.269 e. The van der Waals surface area contributed by atoms with Gasteiger partial charge in [-0.1, -0.05) is 6.92 Å². The molecule has 6 nitrogen and oxygen atoms in total. The molecule has 1 atom stereocenters. The molecule has 3 N–H and O–H groups in total. The number of benzene rings is 1. The molecule has 7 heteroatoms. The lowest BCUT2D eigenvalue weighted by Crippen LogP contribution is -2.44. The molecule has 0 aromatic heterocycles. The number of nitro benzene ring substituents is 1. The Labute approximate surface area is 124 Å². The van der Waals surface area contributed by atoms with Gasteiger partial charge in [0.2, 0.25) is 5.91 Å². The summed E-state index contributed by atoms with van der Waals surface area (Å²) >= 11 is 0. The number of hydrogen-bond acceptors (Lipinski definition) is 4. The molecule has 20 heavy (non-hydrogen) atoms. The van der Waals surface area contributed by atoms with Crippen LogP contribution < -0.4 is 11.1 Å². The topological polar surface area (TPSA) is 98.3 Å². The van der Waals surface area contributed by atoms with E-state index in [1.807, 2.05) is 13.8 Å². The average molecular weight is 302 g/mol. The molecule has 0 saturated heterocycles. The van der Waals surface area contributed by atoms with Gasteiger partial charge < -0.3 is 11.1 Å².